The smallest absolute Gasteiger partial charge is 0.253 e. The third-order valence-corrected chi connectivity index (χ3v) is 6.03. The summed E-state index contributed by atoms with van der Waals surface area (Å²) in [6, 6.07) is 8.90. The highest BCUT2D eigenvalue weighted by Gasteiger charge is 2.29. The van der Waals surface area contributed by atoms with Gasteiger partial charge in [0.05, 0.1) is 17.5 Å². The molecule has 4 aromatic rings. The van der Waals surface area contributed by atoms with Gasteiger partial charge in [-0.2, -0.15) is 5.10 Å². The molecule has 1 saturated heterocycles. The summed E-state index contributed by atoms with van der Waals surface area (Å²) in [6.45, 7) is 2.65. The van der Waals surface area contributed by atoms with Crippen molar-refractivity contribution in [3.63, 3.8) is 0 Å². The zero-order valence-electron chi connectivity index (χ0n) is 17.4. The van der Waals surface area contributed by atoms with E-state index in [-0.39, 0.29) is 23.8 Å². The van der Waals surface area contributed by atoms with Gasteiger partial charge in [-0.1, -0.05) is 12.1 Å². The van der Waals surface area contributed by atoms with Crippen molar-refractivity contribution in [1.82, 2.24) is 29.8 Å². The van der Waals surface area contributed by atoms with E-state index in [1.165, 1.54) is 0 Å². The SMILES string of the molecule is Cc1cn2cc(C3CC(NC(=O)c4cccc5ccnnc45)CCN3C)cc(F)c2n1. The number of likely N-dealkylation sites (tertiary alicyclic amines) is 1. The monoisotopic (exact) mass is 418 g/mol. The Labute approximate surface area is 178 Å². The van der Waals surface area contributed by atoms with Crippen molar-refractivity contribution >= 4 is 22.5 Å². The molecular formula is C23H23FN6O. The lowest BCUT2D eigenvalue weighted by atomic mass is 9.92. The first-order chi connectivity index (χ1) is 15.0. The summed E-state index contributed by atoms with van der Waals surface area (Å²) in [6.07, 6.45) is 6.89. The Morgan fingerprint density at radius 2 is 2.13 bits per heavy atom. The molecule has 1 amide bonds. The molecule has 0 spiro atoms. The summed E-state index contributed by atoms with van der Waals surface area (Å²) in [7, 11) is 2.03. The number of benzene rings is 1. The maximum absolute atomic E-state index is 14.6. The number of hydrogen-bond acceptors (Lipinski definition) is 5. The molecule has 0 saturated carbocycles. The van der Waals surface area contributed by atoms with Crippen molar-refractivity contribution in [2.24, 2.45) is 0 Å². The number of rotatable bonds is 3. The van der Waals surface area contributed by atoms with E-state index in [1.807, 2.05) is 44.6 Å². The van der Waals surface area contributed by atoms with E-state index in [0.29, 0.717) is 23.1 Å². The fourth-order valence-corrected chi connectivity index (χ4v) is 4.45. The van der Waals surface area contributed by atoms with E-state index >= 15 is 0 Å². The van der Waals surface area contributed by atoms with Crippen LogP contribution in [0.4, 0.5) is 4.39 Å². The van der Waals surface area contributed by atoms with E-state index in [0.717, 1.165) is 29.6 Å². The zero-order chi connectivity index (χ0) is 21.5. The molecule has 1 aromatic carbocycles. The fourth-order valence-electron chi connectivity index (χ4n) is 4.45. The van der Waals surface area contributed by atoms with Crippen LogP contribution < -0.4 is 5.32 Å². The first-order valence-corrected chi connectivity index (χ1v) is 10.4. The summed E-state index contributed by atoms with van der Waals surface area (Å²) in [4.78, 5) is 19.5. The highest BCUT2D eigenvalue weighted by molar-refractivity contribution is 6.05. The van der Waals surface area contributed by atoms with Gasteiger partial charge >= 0.3 is 0 Å². The van der Waals surface area contributed by atoms with Crippen LogP contribution in [-0.4, -0.2) is 50.0 Å². The van der Waals surface area contributed by atoms with Crippen LogP contribution in [0.1, 0.15) is 40.5 Å². The number of aryl methyl sites for hydroxylation is 1. The van der Waals surface area contributed by atoms with Gasteiger partial charge in [-0.3, -0.25) is 9.69 Å². The molecule has 1 aliphatic rings. The van der Waals surface area contributed by atoms with E-state index in [9.17, 15) is 9.18 Å². The number of piperidine rings is 1. The number of amides is 1. The summed E-state index contributed by atoms with van der Waals surface area (Å²) < 4.78 is 16.4. The standard InChI is InChI=1S/C23H23FN6O/c1-14-12-30-13-16(10-19(24)22(30)26-14)20-11-17(7-9-29(20)2)27-23(31)18-5-3-4-15-6-8-25-28-21(15)18/h3-6,8,10,12-13,17,20H,7,9,11H2,1-2H3,(H,27,31). The molecule has 8 heteroatoms. The number of nitrogens with one attached hydrogen (secondary N) is 1. The zero-order valence-corrected chi connectivity index (χ0v) is 17.4. The lowest BCUT2D eigenvalue weighted by Gasteiger charge is -2.37. The minimum atomic E-state index is -0.334. The van der Waals surface area contributed by atoms with Crippen LogP contribution in [-0.2, 0) is 0 Å². The molecule has 1 N–H and O–H groups in total. The van der Waals surface area contributed by atoms with E-state index < -0.39 is 0 Å². The molecular weight excluding hydrogens is 395 g/mol. The van der Waals surface area contributed by atoms with Gasteiger partial charge < -0.3 is 9.72 Å². The molecule has 158 valence electrons. The Morgan fingerprint density at radius 1 is 1.26 bits per heavy atom. The van der Waals surface area contributed by atoms with Crippen molar-refractivity contribution < 1.29 is 9.18 Å². The number of pyridine rings is 1. The molecule has 0 radical (unpaired) electrons. The van der Waals surface area contributed by atoms with Crippen LogP contribution in [0.3, 0.4) is 0 Å². The average molecular weight is 418 g/mol. The highest BCUT2D eigenvalue weighted by atomic mass is 19.1. The molecule has 2 unspecified atom stereocenters. The second kappa shape index (κ2) is 7.70. The van der Waals surface area contributed by atoms with Gasteiger partial charge in [0.1, 0.15) is 5.52 Å². The molecule has 5 rings (SSSR count). The number of hydrogen-bond donors (Lipinski definition) is 1. The van der Waals surface area contributed by atoms with Gasteiger partial charge in [-0.15, -0.1) is 5.10 Å². The number of carbonyl (C=O) groups is 1. The predicted molar refractivity (Wildman–Crippen MR) is 115 cm³/mol. The first-order valence-electron chi connectivity index (χ1n) is 10.4. The Balaban J connectivity index is 1.39. The summed E-state index contributed by atoms with van der Waals surface area (Å²) in [5, 5.41) is 12.1. The predicted octanol–water partition coefficient (Wildman–Crippen LogP) is 3.29. The Morgan fingerprint density at radius 3 is 3.00 bits per heavy atom. The number of aromatic nitrogens is 4. The topological polar surface area (TPSA) is 75.4 Å². The molecule has 31 heavy (non-hydrogen) atoms. The minimum absolute atomic E-state index is 0.00651. The van der Waals surface area contributed by atoms with Gasteiger partial charge in [0.2, 0.25) is 0 Å². The number of carbonyl (C=O) groups excluding carboxylic acids is 1. The lowest BCUT2D eigenvalue weighted by Crippen LogP contribution is -2.45. The quantitative estimate of drug-likeness (QED) is 0.553. The number of halogens is 1. The summed E-state index contributed by atoms with van der Waals surface area (Å²) in [5.41, 5.74) is 3.09. The van der Waals surface area contributed by atoms with Crippen molar-refractivity contribution in [2.45, 2.75) is 31.8 Å². The van der Waals surface area contributed by atoms with Crippen molar-refractivity contribution in [3.8, 4) is 0 Å². The van der Waals surface area contributed by atoms with Gasteiger partial charge in [-0.25, -0.2) is 9.37 Å². The van der Waals surface area contributed by atoms with E-state index in [4.69, 9.17) is 0 Å². The number of fused-ring (bicyclic) bond motifs is 2. The maximum atomic E-state index is 14.6. The number of imidazole rings is 1. The summed E-state index contributed by atoms with van der Waals surface area (Å²) >= 11 is 0. The highest BCUT2D eigenvalue weighted by Crippen LogP contribution is 2.31. The van der Waals surface area contributed by atoms with Crippen LogP contribution >= 0.6 is 0 Å². The molecule has 2 atom stereocenters. The van der Waals surface area contributed by atoms with Crippen LogP contribution in [0.25, 0.3) is 16.6 Å². The number of nitrogens with zero attached hydrogens (tertiary/aromatic N) is 5. The largest absolute Gasteiger partial charge is 0.349 e. The maximum Gasteiger partial charge on any atom is 0.253 e. The van der Waals surface area contributed by atoms with Crippen LogP contribution in [0, 0.1) is 12.7 Å². The first kappa shape index (κ1) is 19.6. The molecule has 4 heterocycles. The van der Waals surface area contributed by atoms with Crippen LogP contribution in [0.5, 0.6) is 0 Å². The molecule has 0 aliphatic carbocycles. The fraction of sp³-hybridized carbons (Fsp3) is 0.304. The minimum Gasteiger partial charge on any atom is -0.349 e. The van der Waals surface area contributed by atoms with Crippen molar-refractivity contribution in [2.75, 3.05) is 13.6 Å². The Bertz CT molecular complexity index is 1280. The van der Waals surface area contributed by atoms with Crippen molar-refractivity contribution in [3.05, 3.63) is 71.6 Å². The lowest BCUT2D eigenvalue weighted by molar-refractivity contribution is 0.0889. The van der Waals surface area contributed by atoms with Crippen molar-refractivity contribution in [1.29, 1.82) is 0 Å². The molecule has 7 nitrogen and oxygen atoms in total. The molecule has 1 fully saturated rings. The van der Waals surface area contributed by atoms with Crippen LogP contribution in [0.2, 0.25) is 0 Å². The Hall–Kier alpha value is -3.39. The normalized spacial score (nSPS) is 19.7. The Kier molecular flexibility index (Phi) is 4.86. The third-order valence-electron chi connectivity index (χ3n) is 6.03. The van der Waals surface area contributed by atoms with Gasteiger partial charge in [0.25, 0.3) is 5.91 Å². The van der Waals surface area contributed by atoms with Gasteiger partial charge in [0, 0.05) is 36.4 Å². The van der Waals surface area contributed by atoms with E-state index in [1.54, 1.807) is 22.7 Å². The third kappa shape index (κ3) is 3.63. The van der Waals surface area contributed by atoms with Gasteiger partial charge in [-0.05, 0) is 50.6 Å². The second-order valence-electron chi connectivity index (χ2n) is 8.20. The van der Waals surface area contributed by atoms with Gasteiger partial charge in [0.15, 0.2) is 11.5 Å². The summed E-state index contributed by atoms with van der Waals surface area (Å²) in [5.74, 6) is -0.495. The van der Waals surface area contributed by atoms with Crippen LogP contribution in [0.15, 0.2) is 48.9 Å². The second-order valence-corrected chi connectivity index (χ2v) is 8.20. The molecule has 1 aliphatic heterocycles. The molecule has 3 aromatic heterocycles. The molecule has 0 bridgehead atoms. The average Bonchev–Trinajstić information content (AvgIpc) is 3.15. The van der Waals surface area contributed by atoms with E-state index in [2.05, 4.69) is 25.4 Å².